The van der Waals surface area contributed by atoms with Crippen LogP contribution in [0.1, 0.15) is 30.1 Å². The molecule has 0 bridgehead atoms. The molecule has 1 aliphatic heterocycles. The predicted octanol–water partition coefficient (Wildman–Crippen LogP) is 4.10. The number of nitrogens with one attached hydrogen (secondary N) is 1. The lowest BCUT2D eigenvalue weighted by molar-refractivity contribution is -0.142. The molecule has 7 heteroatoms. The predicted molar refractivity (Wildman–Crippen MR) is 85.2 cm³/mol. The van der Waals surface area contributed by atoms with E-state index in [1.807, 2.05) is 6.92 Å². The van der Waals surface area contributed by atoms with Crippen LogP contribution in [0.25, 0.3) is 10.8 Å². The van der Waals surface area contributed by atoms with Crippen LogP contribution in [0.3, 0.4) is 0 Å². The van der Waals surface area contributed by atoms with Gasteiger partial charge in [-0.2, -0.15) is 13.2 Å². The first-order chi connectivity index (χ1) is 11.3. The largest absolute Gasteiger partial charge is 0.389 e. The zero-order valence-corrected chi connectivity index (χ0v) is 12.9. The second kappa shape index (κ2) is 5.81. The van der Waals surface area contributed by atoms with Gasteiger partial charge < -0.3 is 10.2 Å². The normalized spacial score (nSPS) is 13.7. The van der Waals surface area contributed by atoms with Gasteiger partial charge in [-0.15, -0.1) is 0 Å². The molecular weight excluding hydrogens is 321 g/mol. The van der Waals surface area contributed by atoms with Gasteiger partial charge in [-0.3, -0.25) is 9.59 Å². The quantitative estimate of drug-likeness (QED) is 0.914. The van der Waals surface area contributed by atoms with E-state index in [9.17, 15) is 22.8 Å². The molecule has 0 radical (unpaired) electrons. The molecule has 4 nitrogen and oxygen atoms in total. The van der Waals surface area contributed by atoms with Crippen LogP contribution >= 0.6 is 0 Å². The highest BCUT2D eigenvalue weighted by Gasteiger charge is 2.30. The first-order valence-electron chi connectivity index (χ1n) is 7.56. The van der Waals surface area contributed by atoms with Crippen molar-refractivity contribution in [3.8, 4) is 0 Å². The number of halogens is 3. The van der Waals surface area contributed by atoms with E-state index in [4.69, 9.17) is 0 Å². The van der Waals surface area contributed by atoms with Crippen molar-refractivity contribution < 1.29 is 22.8 Å². The van der Waals surface area contributed by atoms with Gasteiger partial charge >= 0.3 is 6.18 Å². The summed E-state index contributed by atoms with van der Waals surface area (Å²) in [6.45, 7) is 2.38. The van der Waals surface area contributed by atoms with Gasteiger partial charge in [0.2, 0.25) is 5.91 Å². The molecule has 3 rings (SSSR count). The van der Waals surface area contributed by atoms with Gasteiger partial charge in [0.15, 0.2) is 0 Å². The Labute approximate surface area is 136 Å². The zero-order chi connectivity index (χ0) is 17.5. The second-order valence-electron chi connectivity index (χ2n) is 5.57. The number of hydrogen-bond acceptors (Lipinski definition) is 2. The number of carbonyl (C=O) groups excluding carboxylic acids is 2. The molecule has 2 aromatic carbocycles. The average molecular weight is 336 g/mol. The topological polar surface area (TPSA) is 49.4 Å². The van der Waals surface area contributed by atoms with Crippen molar-refractivity contribution in [3.05, 3.63) is 35.9 Å². The molecule has 0 atom stereocenters. The Morgan fingerprint density at radius 3 is 2.62 bits per heavy atom. The molecule has 0 aromatic heterocycles. The van der Waals surface area contributed by atoms with Crippen LogP contribution < -0.4 is 10.2 Å². The van der Waals surface area contributed by atoms with Gasteiger partial charge in [-0.1, -0.05) is 12.1 Å². The molecule has 2 amide bonds. The standard InChI is InChI=1S/C17H15F3N2O2/c1-2-22-13-7-6-12(21-14(23)8-9-17(18,19)20)10-4-3-5-11(15(10)13)16(22)24/h3-7H,2,8-9H2,1H3,(H,21,23). The average Bonchev–Trinajstić information content (AvgIpc) is 2.81. The summed E-state index contributed by atoms with van der Waals surface area (Å²) < 4.78 is 36.7. The molecular formula is C17H15F3N2O2. The molecule has 126 valence electrons. The number of hydrogen-bond donors (Lipinski definition) is 1. The van der Waals surface area contributed by atoms with Crippen LogP contribution in [-0.2, 0) is 4.79 Å². The Morgan fingerprint density at radius 2 is 1.96 bits per heavy atom. The fourth-order valence-electron chi connectivity index (χ4n) is 2.94. The van der Waals surface area contributed by atoms with E-state index >= 15 is 0 Å². The minimum Gasteiger partial charge on any atom is -0.326 e. The number of nitrogens with zero attached hydrogens (tertiary/aromatic N) is 1. The fourth-order valence-corrected chi connectivity index (χ4v) is 2.94. The van der Waals surface area contributed by atoms with Gasteiger partial charge in [-0.25, -0.2) is 0 Å². The SMILES string of the molecule is CCN1C(=O)c2cccc3c(NC(=O)CCC(F)(F)F)ccc1c23. The lowest BCUT2D eigenvalue weighted by Crippen LogP contribution is -2.25. The molecule has 0 aliphatic carbocycles. The number of alkyl halides is 3. The number of anilines is 2. The lowest BCUT2D eigenvalue weighted by Gasteiger charge is -2.15. The van der Waals surface area contributed by atoms with Crippen molar-refractivity contribution in [2.45, 2.75) is 25.9 Å². The van der Waals surface area contributed by atoms with E-state index in [-0.39, 0.29) is 5.91 Å². The maximum Gasteiger partial charge on any atom is 0.389 e. The third-order valence-electron chi connectivity index (χ3n) is 4.01. The number of rotatable bonds is 4. The minimum atomic E-state index is -4.37. The highest BCUT2D eigenvalue weighted by atomic mass is 19.4. The number of carbonyl (C=O) groups is 2. The Hall–Kier alpha value is -2.57. The van der Waals surface area contributed by atoms with E-state index in [0.29, 0.717) is 23.2 Å². The summed E-state index contributed by atoms with van der Waals surface area (Å²) in [5.41, 5.74) is 1.70. The molecule has 1 heterocycles. The minimum absolute atomic E-state index is 0.112. The van der Waals surface area contributed by atoms with E-state index in [2.05, 4.69) is 5.32 Å². The fraction of sp³-hybridized carbons (Fsp3) is 0.294. The Kier molecular flexibility index (Phi) is 3.95. The summed E-state index contributed by atoms with van der Waals surface area (Å²) in [5.74, 6) is -0.816. The molecule has 0 spiro atoms. The van der Waals surface area contributed by atoms with Crippen molar-refractivity contribution in [2.24, 2.45) is 0 Å². The van der Waals surface area contributed by atoms with Crippen molar-refractivity contribution in [3.63, 3.8) is 0 Å². The maximum atomic E-state index is 12.4. The van der Waals surface area contributed by atoms with Gasteiger partial charge in [-0.05, 0) is 25.1 Å². The summed E-state index contributed by atoms with van der Waals surface area (Å²) in [6, 6.07) is 8.48. The smallest absolute Gasteiger partial charge is 0.326 e. The van der Waals surface area contributed by atoms with Crippen molar-refractivity contribution in [2.75, 3.05) is 16.8 Å². The number of amides is 2. The van der Waals surface area contributed by atoms with Crippen LogP contribution in [0, 0.1) is 0 Å². The summed E-state index contributed by atoms with van der Waals surface area (Å²) in [7, 11) is 0. The molecule has 2 aromatic rings. The van der Waals surface area contributed by atoms with Gasteiger partial charge in [0.05, 0.1) is 12.1 Å². The highest BCUT2D eigenvalue weighted by molar-refractivity contribution is 6.27. The van der Waals surface area contributed by atoms with Crippen molar-refractivity contribution in [1.82, 2.24) is 0 Å². The molecule has 0 fully saturated rings. The van der Waals surface area contributed by atoms with E-state index in [0.717, 1.165) is 11.1 Å². The summed E-state index contributed by atoms with van der Waals surface area (Å²) in [5, 5.41) is 3.89. The third kappa shape index (κ3) is 2.81. The van der Waals surface area contributed by atoms with Gasteiger partial charge in [0.25, 0.3) is 5.91 Å². The monoisotopic (exact) mass is 336 g/mol. The first kappa shape index (κ1) is 16.3. The first-order valence-corrected chi connectivity index (χ1v) is 7.56. The number of benzene rings is 2. The van der Waals surface area contributed by atoms with Crippen molar-refractivity contribution in [1.29, 1.82) is 0 Å². The van der Waals surface area contributed by atoms with Crippen LogP contribution in [-0.4, -0.2) is 24.5 Å². The Morgan fingerprint density at radius 1 is 1.21 bits per heavy atom. The molecule has 0 unspecified atom stereocenters. The second-order valence-corrected chi connectivity index (χ2v) is 5.57. The van der Waals surface area contributed by atoms with Crippen LogP contribution in [0.4, 0.5) is 24.5 Å². The Balaban J connectivity index is 1.94. The highest BCUT2D eigenvalue weighted by Crippen LogP contribution is 2.40. The van der Waals surface area contributed by atoms with E-state index in [1.54, 1.807) is 35.2 Å². The van der Waals surface area contributed by atoms with Crippen LogP contribution in [0.15, 0.2) is 30.3 Å². The van der Waals surface area contributed by atoms with E-state index < -0.39 is 24.9 Å². The molecule has 0 saturated carbocycles. The van der Waals surface area contributed by atoms with Crippen LogP contribution in [0.2, 0.25) is 0 Å². The summed E-state index contributed by atoms with van der Waals surface area (Å²) in [6.07, 6.45) is -6.16. The molecule has 1 aliphatic rings. The van der Waals surface area contributed by atoms with Gasteiger partial charge in [0, 0.05) is 35.0 Å². The molecule has 0 saturated heterocycles. The molecule has 1 N–H and O–H groups in total. The van der Waals surface area contributed by atoms with Gasteiger partial charge in [0.1, 0.15) is 0 Å². The third-order valence-corrected chi connectivity index (χ3v) is 4.01. The Bertz CT molecular complexity index is 830. The summed E-state index contributed by atoms with van der Waals surface area (Å²) >= 11 is 0. The maximum absolute atomic E-state index is 12.4. The summed E-state index contributed by atoms with van der Waals surface area (Å²) in [4.78, 5) is 25.8. The van der Waals surface area contributed by atoms with E-state index in [1.165, 1.54) is 0 Å². The molecule has 24 heavy (non-hydrogen) atoms. The zero-order valence-electron chi connectivity index (χ0n) is 12.9. The van der Waals surface area contributed by atoms with Crippen molar-refractivity contribution >= 4 is 34.0 Å². The van der Waals surface area contributed by atoms with Crippen LogP contribution in [0.5, 0.6) is 0 Å². The lowest BCUT2D eigenvalue weighted by atomic mass is 10.0.